The van der Waals surface area contributed by atoms with E-state index in [1.807, 2.05) is 20.9 Å². The smallest absolute Gasteiger partial charge is 0.361 e. The van der Waals surface area contributed by atoms with Crippen LogP contribution in [0.15, 0.2) is 0 Å². The lowest BCUT2D eigenvalue weighted by atomic mass is 9.91. The molecule has 6 heteroatoms. The lowest BCUT2D eigenvalue weighted by Crippen LogP contribution is -2.53. The zero-order valence-corrected chi connectivity index (χ0v) is 11.5. The van der Waals surface area contributed by atoms with Crippen molar-refractivity contribution in [3.8, 4) is 0 Å². The molecule has 3 atom stereocenters. The van der Waals surface area contributed by atoms with Crippen molar-refractivity contribution in [3.63, 3.8) is 0 Å². The van der Waals surface area contributed by atoms with Gasteiger partial charge in [0.15, 0.2) is 5.34 Å². The normalized spacial score (nSPS) is 37.6. The van der Waals surface area contributed by atoms with E-state index in [-0.39, 0.29) is 12.0 Å². The van der Waals surface area contributed by atoms with Crippen molar-refractivity contribution < 1.29 is 18.7 Å². The summed E-state index contributed by atoms with van der Waals surface area (Å²) in [6.07, 6.45) is 0.392. The topological polar surface area (TPSA) is 59.0 Å². The Morgan fingerprint density at radius 1 is 1.38 bits per heavy atom. The minimum absolute atomic E-state index is 0.153. The summed E-state index contributed by atoms with van der Waals surface area (Å²) in [7, 11) is 1.17. The third-order valence-electron chi connectivity index (χ3n) is 3.65. The summed E-state index contributed by atoms with van der Waals surface area (Å²) in [6.45, 7) is 4.54. The summed E-state index contributed by atoms with van der Waals surface area (Å²) in [5.74, 6) is -0.153. The molecule has 96 valence electrons. The highest BCUT2D eigenvalue weighted by molar-refractivity contribution is 7.55. The van der Waals surface area contributed by atoms with Gasteiger partial charge in [-0.2, -0.15) is 0 Å². The predicted octanol–water partition coefficient (Wildman–Crippen LogP) is 1.52. The Kier molecular flexibility index (Phi) is 4.19. The fraction of sp³-hybridized carbons (Fsp3) is 1.00. The predicted molar refractivity (Wildman–Crippen MR) is 62.4 cm³/mol. The summed E-state index contributed by atoms with van der Waals surface area (Å²) in [6, 6.07) is 0.153. The number of nitrogens with zero attached hydrogens (tertiary/aromatic N) is 1. The SMILES string of the molecule is COP(=O)(OC)[C@]1(O)C[C@H](C)N(C)C[C@H]1C. The Morgan fingerprint density at radius 3 is 2.31 bits per heavy atom. The van der Waals surface area contributed by atoms with E-state index in [0.29, 0.717) is 13.0 Å². The number of aliphatic hydroxyl groups is 1. The van der Waals surface area contributed by atoms with Gasteiger partial charge in [-0.15, -0.1) is 0 Å². The van der Waals surface area contributed by atoms with Crippen LogP contribution in [0.25, 0.3) is 0 Å². The van der Waals surface area contributed by atoms with Gasteiger partial charge < -0.3 is 19.1 Å². The molecule has 1 heterocycles. The quantitative estimate of drug-likeness (QED) is 0.771. The summed E-state index contributed by atoms with van der Waals surface area (Å²) < 4.78 is 22.3. The highest BCUT2D eigenvalue weighted by Gasteiger charge is 2.55. The van der Waals surface area contributed by atoms with Crippen molar-refractivity contribution in [1.82, 2.24) is 4.90 Å². The van der Waals surface area contributed by atoms with Crippen LogP contribution >= 0.6 is 7.60 Å². The standard InChI is InChI=1S/C10H22NO4P/c1-8-7-11(3)9(2)6-10(8,12)16(13,14-4)15-5/h8-9,12H,6-7H2,1-5H3/t8-,9+,10-/m1/s1. The van der Waals surface area contributed by atoms with E-state index in [0.717, 1.165) is 0 Å². The average Bonchev–Trinajstić information content (AvgIpc) is 2.25. The van der Waals surface area contributed by atoms with Crippen LogP contribution in [0.1, 0.15) is 20.3 Å². The maximum Gasteiger partial charge on any atom is 0.361 e. The summed E-state index contributed by atoms with van der Waals surface area (Å²) in [5, 5.41) is 9.22. The van der Waals surface area contributed by atoms with Crippen molar-refractivity contribution in [2.45, 2.75) is 31.7 Å². The van der Waals surface area contributed by atoms with Crippen LogP contribution in [0.2, 0.25) is 0 Å². The minimum Gasteiger partial charge on any atom is -0.377 e. The summed E-state index contributed by atoms with van der Waals surface area (Å²) in [4.78, 5) is 2.13. The van der Waals surface area contributed by atoms with Crippen molar-refractivity contribution in [2.75, 3.05) is 27.8 Å². The molecule has 0 aromatic heterocycles. The molecule has 0 amide bonds. The van der Waals surface area contributed by atoms with Crippen molar-refractivity contribution >= 4 is 7.60 Å². The van der Waals surface area contributed by atoms with Crippen LogP contribution in [-0.4, -0.2) is 49.2 Å². The molecule has 0 spiro atoms. The Morgan fingerprint density at radius 2 is 1.88 bits per heavy atom. The van der Waals surface area contributed by atoms with Crippen LogP contribution in [0.5, 0.6) is 0 Å². The van der Waals surface area contributed by atoms with E-state index in [1.165, 1.54) is 14.2 Å². The van der Waals surface area contributed by atoms with E-state index < -0.39 is 12.9 Å². The van der Waals surface area contributed by atoms with Gasteiger partial charge >= 0.3 is 7.60 Å². The zero-order chi connectivity index (χ0) is 12.6. The molecular formula is C10H22NO4P. The molecule has 1 fully saturated rings. The Balaban J connectivity index is 3.03. The number of rotatable bonds is 3. The highest BCUT2D eigenvalue weighted by atomic mass is 31.2. The van der Waals surface area contributed by atoms with E-state index in [2.05, 4.69) is 4.90 Å². The van der Waals surface area contributed by atoms with Crippen LogP contribution in [0.3, 0.4) is 0 Å². The summed E-state index contributed by atoms with van der Waals surface area (Å²) >= 11 is 0. The van der Waals surface area contributed by atoms with Crippen molar-refractivity contribution in [1.29, 1.82) is 0 Å². The maximum atomic E-state index is 12.4. The first-order chi connectivity index (χ1) is 7.30. The zero-order valence-electron chi connectivity index (χ0n) is 10.6. The second kappa shape index (κ2) is 4.75. The molecule has 0 aromatic carbocycles. The first-order valence-corrected chi connectivity index (χ1v) is 6.99. The van der Waals surface area contributed by atoms with Gasteiger partial charge in [0.25, 0.3) is 0 Å². The van der Waals surface area contributed by atoms with Gasteiger partial charge in [0, 0.05) is 39.1 Å². The summed E-state index contributed by atoms with van der Waals surface area (Å²) in [5.41, 5.74) is 0. The molecule has 5 nitrogen and oxygen atoms in total. The van der Waals surface area contributed by atoms with E-state index in [9.17, 15) is 9.67 Å². The second-order valence-corrected chi connectivity index (χ2v) is 7.13. The Hall–Kier alpha value is 0.0700. The first kappa shape index (κ1) is 14.1. The number of piperidine rings is 1. The number of hydrogen-bond acceptors (Lipinski definition) is 5. The molecule has 1 aliphatic heterocycles. The van der Waals surface area contributed by atoms with Crippen LogP contribution in [0.4, 0.5) is 0 Å². The van der Waals surface area contributed by atoms with Gasteiger partial charge in [-0.1, -0.05) is 6.92 Å². The van der Waals surface area contributed by atoms with Crippen LogP contribution in [-0.2, 0) is 13.6 Å². The minimum atomic E-state index is -3.46. The molecule has 1 rings (SSSR count). The fourth-order valence-electron chi connectivity index (χ4n) is 2.32. The van der Waals surface area contributed by atoms with Gasteiger partial charge in [-0.05, 0) is 14.0 Å². The third-order valence-corrected chi connectivity index (χ3v) is 6.19. The van der Waals surface area contributed by atoms with Crippen molar-refractivity contribution in [3.05, 3.63) is 0 Å². The van der Waals surface area contributed by atoms with Crippen LogP contribution in [0, 0.1) is 5.92 Å². The van der Waals surface area contributed by atoms with E-state index in [4.69, 9.17) is 9.05 Å². The van der Waals surface area contributed by atoms with Crippen molar-refractivity contribution in [2.24, 2.45) is 5.92 Å². The molecule has 0 bridgehead atoms. The average molecular weight is 251 g/mol. The second-order valence-electron chi connectivity index (χ2n) is 4.63. The molecule has 1 N–H and O–H groups in total. The monoisotopic (exact) mass is 251 g/mol. The molecular weight excluding hydrogens is 229 g/mol. The molecule has 0 radical (unpaired) electrons. The molecule has 0 unspecified atom stereocenters. The van der Waals surface area contributed by atoms with E-state index >= 15 is 0 Å². The van der Waals surface area contributed by atoms with Gasteiger partial charge in [-0.25, -0.2) is 0 Å². The molecule has 16 heavy (non-hydrogen) atoms. The van der Waals surface area contributed by atoms with Gasteiger partial charge in [-0.3, -0.25) is 4.57 Å². The number of hydrogen-bond donors (Lipinski definition) is 1. The first-order valence-electron chi connectivity index (χ1n) is 5.45. The largest absolute Gasteiger partial charge is 0.377 e. The lowest BCUT2D eigenvalue weighted by molar-refractivity contribution is -0.0376. The van der Waals surface area contributed by atoms with E-state index in [1.54, 1.807) is 0 Å². The van der Waals surface area contributed by atoms with Gasteiger partial charge in [0.2, 0.25) is 0 Å². The maximum absolute atomic E-state index is 12.4. The molecule has 0 saturated carbocycles. The Bertz CT molecular complexity index is 291. The highest BCUT2D eigenvalue weighted by Crippen LogP contribution is 2.63. The van der Waals surface area contributed by atoms with Gasteiger partial charge in [0.1, 0.15) is 0 Å². The lowest BCUT2D eigenvalue weighted by Gasteiger charge is -2.47. The van der Waals surface area contributed by atoms with Crippen LogP contribution < -0.4 is 0 Å². The molecule has 0 aromatic rings. The Labute approximate surface area is 97.3 Å². The third kappa shape index (κ3) is 2.07. The van der Waals surface area contributed by atoms with Gasteiger partial charge in [0.05, 0.1) is 0 Å². The number of likely N-dealkylation sites (tertiary alicyclic amines) is 1. The molecule has 1 saturated heterocycles. The molecule has 1 aliphatic rings. The fourth-order valence-corrected chi connectivity index (χ4v) is 4.21. The molecule has 0 aliphatic carbocycles.